The van der Waals surface area contributed by atoms with E-state index < -0.39 is 0 Å². The van der Waals surface area contributed by atoms with Crippen LogP contribution in [0.15, 0.2) is 40.8 Å². The minimum atomic E-state index is -0.248. The van der Waals surface area contributed by atoms with Crippen LogP contribution in [0.5, 0.6) is 0 Å². The van der Waals surface area contributed by atoms with Crippen LogP contribution in [0, 0.1) is 11.3 Å². The van der Waals surface area contributed by atoms with Crippen LogP contribution in [-0.2, 0) is 24.2 Å². The zero-order valence-electron chi connectivity index (χ0n) is 15.9. The van der Waals surface area contributed by atoms with Crippen molar-refractivity contribution in [2.75, 3.05) is 11.1 Å². The molecule has 1 aliphatic carbocycles. The molecule has 4 rings (SSSR count). The highest BCUT2D eigenvalue weighted by Crippen LogP contribution is 2.38. The van der Waals surface area contributed by atoms with Gasteiger partial charge >= 0.3 is 0 Å². The number of hydrogen-bond acceptors (Lipinski definition) is 6. The van der Waals surface area contributed by atoms with Gasteiger partial charge in [0.1, 0.15) is 11.1 Å². The van der Waals surface area contributed by atoms with E-state index >= 15 is 0 Å². The van der Waals surface area contributed by atoms with E-state index in [9.17, 15) is 14.9 Å². The Morgan fingerprint density at radius 3 is 3.07 bits per heavy atom. The van der Waals surface area contributed by atoms with Crippen molar-refractivity contribution in [1.82, 2.24) is 9.55 Å². The van der Waals surface area contributed by atoms with E-state index in [2.05, 4.69) is 22.9 Å². The van der Waals surface area contributed by atoms with Gasteiger partial charge in [-0.05, 0) is 43.0 Å². The first-order valence-electron chi connectivity index (χ1n) is 9.30. The molecule has 1 N–H and O–H groups in total. The number of carbonyl (C=O) groups excluding carboxylic acids is 1. The Balaban J connectivity index is 1.57. The molecule has 0 saturated heterocycles. The van der Waals surface area contributed by atoms with Crippen molar-refractivity contribution in [1.29, 1.82) is 5.26 Å². The lowest BCUT2D eigenvalue weighted by Crippen LogP contribution is -2.23. The Morgan fingerprint density at radius 2 is 2.30 bits per heavy atom. The molecule has 0 bridgehead atoms. The van der Waals surface area contributed by atoms with E-state index in [1.165, 1.54) is 20.8 Å². The van der Waals surface area contributed by atoms with Crippen molar-refractivity contribution in [2.45, 2.75) is 31.0 Å². The summed E-state index contributed by atoms with van der Waals surface area (Å²) in [5.41, 5.74) is 1.92. The third-order valence-electron chi connectivity index (χ3n) is 4.81. The molecular formula is C21H17ClN4O2S2. The van der Waals surface area contributed by atoms with Gasteiger partial charge in [-0.3, -0.25) is 14.2 Å². The lowest BCUT2D eigenvalue weighted by atomic mass is 10.1. The van der Waals surface area contributed by atoms with Crippen molar-refractivity contribution in [3.05, 3.63) is 62.2 Å². The number of allylic oxidation sites excluding steroid dienone is 1. The first-order chi connectivity index (χ1) is 14.5. The van der Waals surface area contributed by atoms with E-state index in [1.807, 2.05) is 0 Å². The van der Waals surface area contributed by atoms with Gasteiger partial charge in [-0.1, -0.05) is 29.4 Å². The third kappa shape index (κ3) is 3.88. The van der Waals surface area contributed by atoms with Crippen LogP contribution in [-0.4, -0.2) is 21.2 Å². The average Bonchev–Trinajstić information content (AvgIpc) is 3.29. The van der Waals surface area contributed by atoms with Gasteiger partial charge in [0.2, 0.25) is 5.91 Å². The number of hydrogen-bond donors (Lipinski definition) is 1. The SMILES string of the molecule is C=CCn1c(SCC(=O)Nc2sc3c(c2C#N)CCC3)nc2cc(Cl)ccc2c1=O. The number of anilines is 1. The van der Waals surface area contributed by atoms with E-state index in [0.717, 1.165) is 36.6 Å². The largest absolute Gasteiger partial charge is 0.316 e. The molecule has 0 spiro atoms. The number of halogens is 1. The summed E-state index contributed by atoms with van der Waals surface area (Å²) in [7, 11) is 0. The second-order valence-corrected chi connectivity index (χ2v) is 9.25. The second kappa shape index (κ2) is 8.64. The number of fused-ring (bicyclic) bond motifs is 2. The molecule has 0 saturated carbocycles. The van der Waals surface area contributed by atoms with E-state index in [0.29, 0.717) is 31.6 Å². The van der Waals surface area contributed by atoms with Gasteiger partial charge in [-0.2, -0.15) is 5.26 Å². The first-order valence-corrected chi connectivity index (χ1v) is 11.5. The molecular weight excluding hydrogens is 440 g/mol. The maximum absolute atomic E-state index is 12.8. The van der Waals surface area contributed by atoms with Gasteiger partial charge in [0.05, 0.1) is 22.2 Å². The number of rotatable bonds is 6. The molecule has 0 unspecified atom stereocenters. The molecule has 0 fully saturated rings. The number of thioether (sulfide) groups is 1. The standard InChI is InChI=1S/C21H17ClN4O2S2/c1-2-8-26-20(28)14-7-6-12(22)9-16(14)24-21(26)29-11-18(27)25-19-15(10-23)13-4-3-5-17(13)30-19/h2,6-7,9H,1,3-5,8,11H2,(H,25,27). The molecule has 3 aromatic rings. The van der Waals surface area contributed by atoms with Crippen molar-refractivity contribution in [3.8, 4) is 6.07 Å². The van der Waals surface area contributed by atoms with Gasteiger partial charge in [-0.15, -0.1) is 17.9 Å². The molecule has 152 valence electrons. The second-order valence-electron chi connectivity index (χ2n) is 6.77. The lowest BCUT2D eigenvalue weighted by molar-refractivity contribution is -0.113. The molecule has 6 nitrogen and oxygen atoms in total. The number of nitrogens with one attached hydrogen (secondary N) is 1. The van der Waals surface area contributed by atoms with E-state index in [-0.39, 0.29) is 23.8 Å². The summed E-state index contributed by atoms with van der Waals surface area (Å²) < 4.78 is 1.49. The summed E-state index contributed by atoms with van der Waals surface area (Å²) in [6.45, 7) is 3.98. The minimum Gasteiger partial charge on any atom is -0.316 e. The molecule has 0 aliphatic heterocycles. The number of nitrogens with zero attached hydrogens (tertiary/aromatic N) is 3. The van der Waals surface area contributed by atoms with Crippen molar-refractivity contribution in [3.63, 3.8) is 0 Å². The van der Waals surface area contributed by atoms with Gasteiger partial charge < -0.3 is 5.32 Å². The molecule has 2 aromatic heterocycles. The highest BCUT2D eigenvalue weighted by molar-refractivity contribution is 7.99. The summed E-state index contributed by atoms with van der Waals surface area (Å²) in [6.07, 6.45) is 4.51. The number of aryl methyl sites for hydroxylation is 1. The van der Waals surface area contributed by atoms with Crippen LogP contribution in [0.4, 0.5) is 5.00 Å². The fraction of sp³-hybridized carbons (Fsp3) is 0.238. The van der Waals surface area contributed by atoms with Crippen molar-refractivity contribution >= 4 is 56.5 Å². The van der Waals surface area contributed by atoms with Crippen LogP contribution in [0.1, 0.15) is 22.4 Å². The monoisotopic (exact) mass is 456 g/mol. The van der Waals surface area contributed by atoms with Crippen molar-refractivity contribution in [2.24, 2.45) is 0 Å². The van der Waals surface area contributed by atoms with Gasteiger partial charge in [-0.25, -0.2) is 4.98 Å². The van der Waals surface area contributed by atoms with Crippen LogP contribution in [0.2, 0.25) is 5.02 Å². The molecule has 1 aromatic carbocycles. The van der Waals surface area contributed by atoms with E-state index in [4.69, 9.17) is 11.6 Å². The van der Waals surface area contributed by atoms with Gasteiger partial charge in [0.15, 0.2) is 5.16 Å². The predicted octanol–water partition coefficient (Wildman–Crippen LogP) is 4.39. The molecule has 0 atom stereocenters. The van der Waals surface area contributed by atoms with Crippen LogP contribution in [0.25, 0.3) is 10.9 Å². The summed E-state index contributed by atoms with van der Waals surface area (Å²) in [5, 5.41) is 14.3. The molecule has 1 aliphatic rings. The zero-order valence-corrected chi connectivity index (χ0v) is 18.3. The number of nitriles is 1. The van der Waals surface area contributed by atoms with Crippen LogP contribution in [0.3, 0.4) is 0 Å². The topological polar surface area (TPSA) is 87.8 Å². The Labute approximate surface area is 186 Å². The maximum Gasteiger partial charge on any atom is 0.262 e. The summed E-state index contributed by atoms with van der Waals surface area (Å²) in [5.74, 6) is -0.190. The highest BCUT2D eigenvalue weighted by Gasteiger charge is 2.23. The number of amides is 1. The summed E-state index contributed by atoms with van der Waals surface area (Å²) in [6, 6.07) is 7.15. The quantitative estimate of drug-likeness (QED) is 0.337. The number of aromatic nitrogens is 2. The maximum atomic E-state index is 12.8. The van der Waals surface area contributed by atoms with Crippen LogP contribution < -0.4 is 10.9 Å². The zero-order chi connectivity index (χ0) is 21.3. The third-order valence-corrected chi connectivity index (χ3v) is 7.23. The predicted molar refractivity (Wildman–Crippen MR) is 122 cm³/mol. The van der Waals surface area contributed by atoms with E-state index in [1.54, 1.807) is 24.3 Å². The molecule has 9 heteroatoms. The Bertz CT molecular complexity index is 1270. The van der Waals surface area contributed by atoms with Crippen molar-refractivity contribution < 1.29 is 4.79 Å². The highest BCUT2D eigenvalue weighted by atomic mass is 35.5. The van der Waals surface area contributed by atoms with Crippen LogP contribution >= 0.6 is 34.7 Å². The van der Waals surface area contributed by atoms with Gasteiger partial charge in [0, 0.05) is 16.4 Å². The minimum absolute atomic E-state index is 0.0586. The fourth-order valence-electron chi connectivity index (χ4n) is 3.48. The Morgan fingerprint density at radius 1 is 1.47 bits per heavy atom. The normalized spacial score (nSPS) is 12.5. The summed E-state index contributed by atoms with van der Waals surface area (Å²) >= 11 is 8.68. The lowest BCUT2D eigenvalue weighted by Gasteiger charge is -2.11. The smallest absolute Gasteiger partial charge is 0.262 e. The molecule has 0 radical (unpaired) electrons. The Kier molecular flexibility index (Phi) is 5.95. The molecule has 30 heavy (non-hydrogen) atoms. The summed E-state index contributed by atoms with van der Waals surface area (Å²) in [4.78, 5) is 31.1. The molecule has 2 heterocycles. The first kappa shape index (κ1) is 20.7. The number of thiophene rings is 1. The Hall–Kier alpha value is -2.60. The van der Waals surface area contributed by atoms with Gasteiger partial charge in [0.25, 0.3) is 5.56 Å². The average molecular weight is 457 g/mol. The molecule has 1 amide bonds. The number of benzene rings is 1. The fourth-order valence-corrected chi connectivity index (χ4v) is 5.71. The number of carbonyl (C=O) groups is 1.